The van der Waals surface area contributed by atoms with Crippen molar-refractivity contribution in [3.63, 3.8) is 0 Å². The highest BCUT2D eigenvalue weighted by Gasteiger charge is 2.22. The Morgan fingerprint density at radius 1 is 1.08 bits per heavy atom. The Morgan fingerprint density at radius 3 is 2.54 bits per heavy atom. The van der Waals surface area contributed by atoms with Crippen molar-refractivity contribution in [3.8, 4) is 0 Å². The van der Waals surface area contributed by atoms with Crippen LogP contribution in [0.1, 0.15) is 11.1 Å². The molecule has 1 N–H and O–H groups in total. The van der Waals surface area contributed by atoms with Crippen molar-refractivity contribution in [2.75, 3.05) is 26.2 Å². The molecule has 1 fully saturated rings. The van der Waals surface area contributed by atoms with Crippen molar-refractivity contribution < 1.29 is 17.5 Å². The standard InChI is InChI=1S/C19H23FN2O3S/c20-18-8-6-17(7-9-18)15-26(23,24)21-12-19-14-22(10-11-25-19)13-16-4-2-1-3-5-16/h1-9,19,21H,10-15H2. The van der Waals surface area contributed by atoms with E-state index in [0.717, 1.165) is 13.1 Å². The van der Waals surface area contributed by atoms with Gasteiger partial charge in [-0.05, 0) is 23.3 Å². The second kappa shape index (κ2) is 8.73. The lowest BCUT2D eigenvalue weighted by molar-refractivity contribution is -0.0276. The minimum atomic E-state index is -3.49. The lowest BCUT2D eigenvalue weighted by Gasteiger charge is -2.33. The van der Waals surface area contributed by atoms with Crippen LogP contribution in [-0.2, 0) is 27.1 Å². The molecule has 26 heavy (non-hydrogen) atoms. The Morgan fingerprint density at radius 2 is 1.81 bits per heavy atom. The fraction of sp³-hybridized carbons (Fsp3) is 0.368. The number of sulfonamides is 1. The van der Waals surface area contributed by atoms with Gasteiger partial charge in [0.25, 0.3) is 0 Å². The van der Waals surface area contributed by atoms with E-state index in [0.29, 0.717) is 18.7 Å². The van der Waals surface area contributed by atoms with E-state index in [4.69, 9.17) is 4.74 Å². The zero-order valence-corrected chi connectivity index (χ0v) is 15.3. The Kier molecular flexibility index (Phi) is 6.37. The number of rotatable bonds is 7. The first-order valence-electron chi connectivity index (χ1n) is 8.60. The van der Waals surface area contributed by atoms with Crippen molar-refractivity contribution in [2.24, 2.45) is 0 Å². The lowest BCUT2D eigenvalue weighted by atomic mass is 10.2. The predicted octanol–water partition coefficient (Wildman–Crippen LogP) is 2.15. The molecular formula is C19H23FN2O3S. The van der Waals surface area contributed by atoms with Gasteiger partial charge in [-0.15, -0.1) is 0 Å². The molecule has 140 valence electrons. The smallest absolute Gasteiger partial charge is 0.215 e. The molecule has 1 aliphatic rings. The van der Waals surface area contributed by atoms with Crippen LogP contribution in [0.5, 0.6) is 0 Å². The van der Waals surface area contributed by atoms with Crippen LogP contribution in [0.3, 0.4) is 0 Å². The second-order valence-corrected chi connectivity index (χ2v) is 8.25. The second-order valence-electron chi connectivity index (χ2n) is 6.45. The topological polar surface area (TPSA) is 58.6 Å². The molecule has 0 spiro atoms. The van der Waals surface area contributed by atoms with Crippen LogP contribution >= 0.6 is 0 Å². The average Bonchev–Trinajstić information content (AvgIpc) is 2.63. The van der Waals surface area contributed by atoms with Crippen LogP contribution in [0.15, 0.2) is 54.6 Å². The van der Waals surface area contributed by atoms with Crippen molar-refractivity contribution in [3.05, 3.63) is 71.5 Å². The Labute approximate surface area is 153 Å². The molecule has 7 heteroatoms. The molecule has 0 aliphatic carbocycles. The highest BCUT2D eigenvalue weighted by Crippen LogP contribution is 2.11. The average molecular weight is 378 g/mol. The highest BCUT2D eigenvalue weighted by atomic mass is 32.2. The summed E-state index contributed by atoms with van der Waals surface area (Å²) in [6.07, 6.45) is -0.185. The third-order valence-corrected chi connectivity index (χ3v) is 5.59. The van der Waals surface area contributed by atoms with E-state index >= 15 is 0 Å². The maximum Gasteiger partial charge on any atom is 0.215 e. The number of morpholine rings is 1. The van der Waals surface area contributed by atoms with Gasteiger partial charge in [0.05, 0.1) is 18.5 Å². The third-order valence-electron chi connectivity index (χ3n) is 4.27. The predicted molar refractivity (Wildman–Crippen MR) is 98.5 cm³/mol. The van der Waals surface area contributed by atoms with Gasteiger partial charge in [0.15, 0.2) is 0 Å². The summed E-state index contributed by atoms with van der Waals surface area (Å²) in [5.74, 6) is -0.554. The maximum absolute atomic E-state index is 12.9. The molecule has 1 aliphatic heterocycles. The number of ether oxygens (including phenoxy) is 1. The minimum absolute atomic E-state index is 0.173. The van der Waals surface area contributed by atoms with Crippen molar-refractivity contribution in [2.45, 2.75) is 18.4 Å². The van der Waals surface area contributed by atoms with Gasteiger partial charge in [-0.3, -0.25) is 4.90 Å². The highest BCUT2D eigenvalue weighted by molar-refractivity contribution is 7.88. The molecule has 0 aromatic heterocycles. The van der Waals surface area contributed by atoms with Crippen molar-refractivity contribution in [1.29, 1.82) is 0 Å². The zero-order chi connectivity index (χ0) is 18.4. The van der Waals surface area contributed by atoms with Gasteiger partial charge >= 0.3 is 0 Å². The summed E-state index contributed by atoms with van der Waals surface area (Å²) in [4.78, 5) is 2.26. The van der Waals surface area contributed by atoms with Crippen molar-refractivity contribution in [1.82, 2.24) is 9.62 Å². The molecular weight excluding hydrogens is 355 g/mol. The number of hydrogen-bond donors (Lipinski definition) is 1. The van der Waals surface area contributed by atoms with Crippen LogP contribution in [0.25, 0.3) is 0 Å². The fourth-order valence-electron chi connectivity index (χ4n) is 2.96. The van der Waals surface area contributed by atoms with Gasteiger partial charge in [0.1, 0.15) is 5.82 Å². The number of benzene rings is 2. The van der Waals surface area contributed by atoms with Gasteiger partial charge in [0, 0.05) is 26.2 Å². The van der Waals surface area contributed by atoms with Crippen LogP contribution in [0.4, 0.5) is 4.39 Å². The van der Waals surface area contributed by atoms with E-state index in [1.54, 1.807) is 0 Å². The molecule has 1 heterocycles. The van der Waals surface area contributed by atoms with Crippen LogP contribution in [-0.4, -0.2) is 45.7 Å². The fourth-order valence-corrected chi connectivity index (χ4v) is 4.13. The largest absolute Gasteiger partial charge is 0.374 e. The molecule has 3 rings (SSSR count). The molecule has 0 saturated carbocycles. The Bertz CT molecular complexity index is 797. The summed E-state index contributed by atoms with van der Waals surface area (Å²) in [5, 5.41) is 0. The normalized spacial score (nSPS) is 18.7. The van der Waals surface area contributed by atoms with Gasteiger partial charge in [-0.1, -0.05) is 42.5 Å². The summed E-state index contributed by atoms with van der Waals surface area (Å²) < 4.78 is 45.7. The minimum Gasteiger partial charge on any atom is -0.374 e. The molecule has 1 unspecified atom stereocenters. The molecule has 2 aromatic rings. The van der Waals surface area contributed by atoms with Gasteiger partial charge < -0.3 is 4.74 Å². The molecule has 1 atom stereocenters. The maximum atomic E-state index is 12.9. The summed E-state index contributed by atoms with van der Waals surface area (Å²) in [6, 6.07) is 15.6. The first-order chi connectivity index (χ1) is 12.5. The molecule has 2 aromatic carbocycles. The third kappa shape index (κ3) is 5.88. The molecule has 0 amide bonds. The molecule has 0 bridgehead atoms. The van der Waals surface area contributed by atoms with E-state index in [2.05, 4.69) is 21.8 Å². The van der Waals surface area contributed by atoms with E-state index in [1.807, 2.05) is 18.2 Å². The monoisotopic (exact) mass is 378 g/mol. The quantitative estimate of drug-likeness (QED) is 0.802. The van der Waals surface area contributed by atoms with Crippen LogP contribution in [0.2, 0.25) is 0 Å². The van der Waals surface area contributed by atoms with Crippen LogP contribution in [0, 0.1) is 5.82 Å². The summed E-state index contributed by atoms with van der Waals surface area (Å²) in [7, 11) is -3.49. The number of nitrogens with one attached hydrogen (secondary N) is 1. The first kappa shape index (κ1) is 19.0. The van der Waals surface area contributed by atoms with E-state index < -0.39 is 10.0 Å². The van der Waals surface area contributed by atoms with Gasteiger partial charge in [-0.2, -0.15) is 0 Å². The Balaban J connectivity index is 1.49. The van der Waals surface area contributed by atoms with E-state index in [-0.39, 0.29) is 24.2 Å². The zero-order valence-electron chi connectivity index (χ0n) is 14.5. The summed E-state index contributed by atoms with van der Waals surface area (Å²) >= 11 is 0. The van der Waals surface area contributed by atoms with Gasteiger partial charge in [-0.25, -0.2) is 17.5 Å². The van der Waals surface area contributed by atoms with Crippen molar-refractivity contribution >= 4 is 10.0 Å². The Hall–Kier alpha value is -1.80. The SMILES string of the molecule is O=S(=O)(Cc1ccc(F)cc1)NCC1CN(Cc2ccccc2)CCO1. The number of hydrogen-bond acceptors (Lipinski definition) is 4. The van der Waals surface area contributed by atoms with E-state index in [9.17, 15) is 12.8 Å². The summed E-state index contributed by atoms with van der Waals surface area (Å²) in [6.45, 7) is 3.14. The number of halogens is 1. The van der Waals surface area contributed by atoms with Crippen LogP contribution < -0.4 is 4.72 Å². The number of nitrogens with zero attached hydrogens (tertiary/aromatic N) is 1. The molecule has 1 saturated heterocycles. The van der Waals surface area contributed by atoms with E-state index in [1.165, 1.54) is 29.8 Å². The molecule has 5 nitrogen and oxygen atoms in total. The van der Waals surface area contributed by atoms with Gasteiger partial charge in [0.2, 0.25) is 10.0 Å². The summed E-state index contributed by atoms with van der Waals surface area (Å²) in [5.41, 5.74) is 1.78. The molecule has 0 radical (unpaired) electrons. The lowest BCUT2D eigenvalue weighted by Crippen LogP contribution is -2.47. The first-order valence-corrected chi connectivity index (χ1v) is 10.2.